The summed E-state index contributed by atoms with van der Waals surface area (Å²) in [7, 11) is 0. The van der Waals surface area contributed by atoms with E-state index in [4.69, 9.17) is 42.6 Å². The molecule has 4 unspecified atom stereocenters. The van der Waals surface area contributed by atoms with E-state index in [-0.39, 0.29) is 31.2 Å². The van der Waals surface area contributed by atoms with Crippen molar-refractivity contribution < 1.29 is 42.6 Å². The molecule has 8 rings (SSSR count). The summed E-state index contributed by atoms with van der Waals surface area (Å²) in [6.07, 6.45) is -5.23. The molecule has 352 valence electrons. The van der Waals surface area contributed by atoms with Crippen LogP contribution in [-0.2, 0) is 82.3 Å². The van der Waals surface area contributed by atoms with Crippen LogP contribution in [-0.4, -0.2) is 73.4 Å². The van der Waals surface area contributed by atoms with Crippen molar-refractivity contribution in [1.82, 2.24) is 0 Å². The lowest BCUT2D eigenvalue weighted by molar-refractivity contribution is -0.356. The summed E-state index contributed by atoms with van der Waals surface area (Å²) < 4.78 is 62.8. The molecule has 10 atom stereocenters. The fourth-order valence-electron chi connectivity index (χ4n) is 8.59. The molecule has 6 aromatic carbocycles. The predicted octanol–water partition coefficient (Wildman–Crippen LogP) is 11.0. The number of hydrogen-bond donors (Lipinski definition) is 0. The Morgan fingerprint density at radius 3 is 1.13 bits per heavy atom. The van der Waals surface area contributed by atoms with Crippen LogP contribution >= 0.6 is 11.8 Å². The van der Waals surface area contributed by atoms with Gasteiger partial charge < -0.3 is 42.6 Å². The molecule has 0 aliphatic carbocycles. The van der Waals surface area contributed by atoms with E-state index in [9.17, 15) is 0 Å². The van der Waals surface area contributed by atoms with Gasteiger partial charge >= 0.3 is 0 Å². The first kappa shape index (κ1) is 48.8. The first-order chi connectivity index (χ1) is 33.1. The molecule has 2 heterocycles. The first-order valence-electron chi connectivity index (χ1n) is 23.5. The maximum Gasteiger partial charge on any atom is 0.187 e. The minimum absolute atomic E-state index is 0.0617. The Hall–Kier alpha value is -4.69. The van der Waals surface area contributed by atoms with Crippen LogP contribution in [0.4, 0.5) is 0 Å². The highest BCUT2D eigenvalue weighted by Gasteiger charge is 2.53. The summed E-state index contributed by atoms with van der Waals surface area (Å²) in [6, 6.07) is 61.0. The third-order valence-electron chi connectivity index (χ3n) is 12.1. The van der Waals surface area contributed by atoms with Gasteiger partial charge in [-0.25, -0.2) is 0 Å². The number of rotatable bonds is 24. The lowest BCUT2D eigenvalue weighted by Crippen LogP contribution is -2.64. The van der Waals surface area contributed by atoms with Gasteiger partial charge in [0.05, 0.1) is 59.0 Å². The van der Waals surface area contributed by atoms with E-state index in [0.717, 1.165) is 39.1 Å². The Morgan fingerprint density at radius 2 is 0.731 bits per heavy atom. The highest BCUT2D eigenvalue weighted by atomic mass is 32.2. The zero-order valence-corrected chi connectivity index (χ0v) is 39.4. The maximum atomic E-state index is 7.46. The summed E-state index contributed by atoms with van der Waals surface area (Å²) in [5.41, 5.74) is 6.08. The minimum Gasteiger partial charge on any atom is -0.374 e. The summed E-state index contributed by atoms with van der Waals surface area (Å²) in [5.74, 6) is 0.813. The van der Waals surface area contributed by atoms with E-state index in [0.29, 0.717) is 33.0 Å². The fraction of sp³-hybridized carbons (Fsp3) is 0.368. The lowest BCUT2D eigenvalue weighted by atomic mass is 9.92. The van der Waals surface area contributed by atoms with Gasteiger partial charge in [0.15, 0.2) is 6.29 Å². The Morgan fingerprint density at radius 1 is 0.388 bits per heavy atom. The smallest absolute Gasteiger partial charge is 0.187 e. The van der Waals surface area contributed by atoms with Gasteiger partial charge in [-0.3, -0.25) is 0 Å². The molecule has 0 amide bonds. The molecule has 0 N–H and O–H groups in total. The van der Waals surface area contributed by atoms with E-state index in [1.54, 1.807) is 11.8 Å². The fourth-order valence-corrected chi connectivity index (χ4v) is 9.59. The third-order valence-corrected chi connectivity index (χ3v) is 13.3. The molecule has 0 radical (unpaired) electrons. The normalized spacial score (nSPS) is 25.2. The number of thioether (sulfide) groups is 1. The van der Waals surface area contributed by atoms with Crippen LogP contribution in [0.2, 0.25) is 0 Å². The monoisotopic (exact) mass is 924 g/mol. The van der Waals surface area contributed by atoms with Gasteiger partial charge in [-0.2, -0.15) is 0 Å². The first-order valence-corrected chi connectivity index (χ1v) is 24.6. The van der Waals surface area contributed by atoms with Crippen LogP contribution < -0.4 is 0 Å². The minimum atomic E-state index is -0.970. The summed E-state index contributed by atoms with van der Waals surface area (Å²) in [4.78, 5) is 0. The van der Waals surface area contributed by atoms with E-state index in [1.165, 1.54) is 0 Å². The van der Waals surface area contributed by atoms with Crippen molar-refractivity contribution in [1.29, 1.82) is 0 Å². The van der Waals surface area contributed by atoms with Gasteiger partial charge in [-0.05, 0) is 39.1 Å². The zero-order chi connectivity index (χ0) is 45.9. The maximum absolute atomic E-state index is 7.46. The van der Waals surface area contributed by atoms with Crippen LogP contribution in [0, 0.1) is 5.92 Å². The summed E-state index contributed by atoms with van der Waals surface area (Å²) in [5, 5.41) is 0. The molecule has 0 saturated carbocycles. The second-order valence-electron chi connectivity index (χ2n) is 17.0. The predicted molar refractivity (Wildman–Crippen MR) is 262 cm³/mol. The Kier molecular flexibility index (Phi) is 19.0. The topological polar surface area (TPSA) is 83.1 Å². The number of hydrogen-bond acceptors (Lipinski definition) is 10. The molecule has 0 aromatic heterocycles. The number of benzene rings is 6. The Balaban J connectivity index is 1.16. The van der Waals surface area contributed by atoms with Gasteiger partial charge in [0.25, 0.3) is 0 Å². The van der Waals surface area contributed by atoms with E-state index in [1.807, 2.05) is 109 Å². The highest BCUT2D eigenvalue weighted by Crippen LogP contribution is 2.39. The molecule has 9 nitrogen and oxygen atoms in total. The molecular formula is C57H64O9S. The molecule has 6 aromatic rings. The van der Waals surface area contributed by atoms with Crippen molar-refractivity contribution >= 4 is 11.8 Å². The molecule has 10 heteroatoms. The zero-order valence-electron chi connectivity index (χ0n) is 38.5. The molecule has 67 heavy (non-hydrogen) atoms. The second kappa shape index (κ2) is 26.2. The van der Waals surface area contributed by atoms with Gasteiger partial charge in [0.1, 0.15) is 42.1 Å². The lowest BCUT2D eigenvalue weighted by Gasteiger charge is -2.50. The van der Waals surface area contributed by atoms with Crippen molar-refractivity contribution in [2.24, 2.45) is 5.92 Å². The number of ether oxygens (including phenoxy) is 9. The van der Waals surface area contributed by atoms with Gasteiger partial charge in [0, 0.05) is 5.92 Å². The van der Waals surface area contributed by atoms with Crippen LogP contribution in [0.3, 0.4) is 0 Å². The average molecular weight is 925 g/mol. The molecule has 2 aliphatic rings. The Labute approximate surface area is 401 Å². The van der Waals surface area contributed by atoms with Crippen LogP contribution in [0.1, 0.15) is 47.2 Å². The van der Waals surface area contributed by atoms with E-state index < -0.39 is 49.0 Å². The molecule has 2 saturated heterocycles. The van der Waals surface area contributed by atoms with Gasteiger partial charge in [-0.1, -0.05) is 196 Å². The summed E-state index contributed by atoms with van der Waals surface area (Å²) in [6.45, 7) is 6.93. The van der Waals surface area contributed by atoms with Crippen molar-refractivity contribution in [3.63, 3.8) is 0 Å². The highest BCUT2D eigenvalue weighted by molar-refractivity contribution is 7.99. The molecule has 2 fully saturated rings. The quantitative estimate of drug-likeness (QED) is 0.0585. The molecule has 2 aliphatic heterocycles. The van der Waals surface area contributed by atoms with Crippen molar-refractivity contribution in [2.75, 3.05) is 19.0 Å². The largest absolute Gasteiger partial charge is 0.374 e. The van der Waals surface area contributed by atoms with Crippen molar-refractivity contribution in [3.8, 4) is 0 Å². The molecule has 0 spiro atoms. The SMILES string of the molecule is CCS[C@@H]1OC(COCc2ccccc2)[C@H](O[C@@H]2OC(COCc3ccccc3)[C@H](OCc3ccccc3)[C@H](OCc3ccccc3)C2OCc2ccccc2)[C@@H](OCc2ccccc2)C1C. The van der Waals surface area contributed by atoms with Crippen molar-refractivity contribution in [2.45, 2.75) is 108 Å². The van der Waals surface area contributed by atoms with Gasteiger partial charge in [-0.15, -0.1) is 11.8 Å². The van der Waals surface area contributed by atoms with Crippen molar-refractivity contribution in [3.05, 3.63) is 215 Å². The Bertz CT molecular complexity index is 2240. The average Bonchev–Trinajstić information content (AvgIpc) is 3.38. The third kappa shape index (κ3) is 14.4. The van der Waals surface area contributed by atoms with E-state index >= 15 is 0 Å². The van der Waals surface area contributed by atoms with Crippen LogP contribution in [0.25, 0.3) is 0 Å². The second-order valence-corrected chi connectivity index (χ2v) is 18.4. The van der Waals surface area contributed by atoms with E-state index in [2.05, 4.69) is 86.6 Å². The van der Waals surface area contributed by atoms with Crippen LogP contribution in [0.5, 0.6) is 0 Å². The van der Waals surface area contributed by atoms with Crippen LogP contribution in [0.15, 0.2) is 182 Å². The standard InChI is InChI=1S/C57H64O9S/c1-3-67-57-42(2)51(60-36-45-26-14-6-15-27-45)53(50(65-57)41-59-35-44-24-12-5-13-25-44)66-56-55(63-39-48-32-20-9-21-33-48)54(62-38-47-30-18-8-19-31-47)52(61-37-46-28-16-7-17-29-46)49(64-56)40-58-34-43-22-10-4-11-23-43/h4-33,42,49-57H,3,34-41H2,1-2H3/t42?,49?,50?,51-,52-,53-,54-,55?,56-,57-/m0/s1. The molecular weight excluding hydrogens is 861 g/mol. The summed E-state index contributed by atoms with van der Waals surface area (Å²) >= 11 is 1.77. The van der Waals surface area contributed by atoms with Gasteiger partial charge in [0.2, 0.25) is 0 Å². The molecule has 0 bridgehead atoms.